The van der Waals surface area contributed by atoms with Gasteiger partial charge in [0, 0.05) is 17.1 Å². The van der Waals surface area contributed by atoms with E-state index in [4.69, 9.17) is 4.74 Å². The molecule has 0 spiro atoms. The molecule has 0 bridgehead atoms. The van der Waals surface area contributed by atoms with Crippen molar-refractivity contribution in [2.24, 2.45) is 7.05 Å². The predicted octanol–water partition coefficient (Wildman–Crippen LogP) is 3.57. The van der Waals surface area contributed by atoms with Crippen molar-refractivity contribution >= 4 is 39.0 Å². The van der Waals surface area contributed by atoms with Gasteiger partial charge in [0.1, 0.15) is 10.7 Å². The van der Waals surface area contributed by atoms with Crippen LogP contribution in [0.2, 0.25) is 0 Å². The van der Waals surface area contributed by atoms with Gasteiger partial charge in [-0.3, -0.25) is 9.48 Å². The number of benzene rings is 1. The maximum absolute atomic E-state index is 13.8. The monoisotopic (exact) mass is 375 g/mol. The summed E-state index contributed by atoms with van der Waals surface area (Å²) < 4.78 is 21.3. The average Bonchev–Trinajstić information content (AvgIpc) is 3.13. The molecule has 0 aliphatic carbocycles. The highest BCUT2D eigenvalue weighted by molar-refractivity contribution is 7.20. The van der Waals surface area contributed by atoms with E-state index in [1.54, 1.807) is 30.8 Å². The van der Waals surface area contributed by atoms with Crippen molar-refractivity contribution in [2.75, 3.05) is 5.32 Å². The maximum atomic E-state index is 13.8. The van der Waals surface area contributed by atoms with E-state index >= 15 is 0 Å². The van der Waals surface area contributed by atoms with Gasteiger partial charge in [0.25, 0.3) is 5.91 Å². The molecule has 0 aliphatic rings. The Hall–Kier alpha value is -2.74. The molecule has 2 heterocycles. The molecule has 1 atom stereocenters. The van der Waals surface area contributed by atoms with Gasteiger partial charge >= 0.3 is 5.97 Å². The van der Waals surface area contributed by atoms with Crippen LogP contribution in [0.4, 0.5) is 10.1 Å². The van der Waals surface area contributed by atoms with Crippen LogP contribution in [-0.4, -0.2) is 27.8 Å². The first-order chi connectivity index (χ1) is 12.3. The van der Waals surface area contributed by atoms with Crippen molar-refractivity contribution in [3.8, 4) is 0 Å². The number of hydrogen-bond donors (Lipinski definition) is 1. The van der Waals surface area contributed by atoms with Gasteiger partial charge in [0.05, 0.1) is 17.1 Å². The summed E-state index contributed by atoms with van der Waals surface area (Å²) in [4.78, 5) is 24.9. The first kappa shape index (κ1) is 18.1. The number of aromatic nitrogens is 2. The van der Waals surface area contributed by atoms with Crippen molar-refractivity contribution in [3.63, 3.8) is 0 Å². The zero-order valence-electron chi connectivity index (χ0n) is 14.8. The van der Waals surface area contributed by atoms with E-state index in [2.05, 4.69) is 10.4 Å². The average molecular weight is 375 g/mol. The zero-order chi connectivity index (χ0) is 19.0. The molecule has 1 N–H and O–H groups in total. The summed E-state index contributed by atoms with van der Waals surface area (Å²) in [6.07, 6.45) is -1.00. The first-order valence-corrected chi connectivity index (χ1v) is 8.79. The third-order valence-electron chi connectivity index (χ3n) is 4.12. The second-order valence-electron chi connectivity index (χ2n) is 5.97. The van der Waals surface area contributed by atoms with Crippen LogP contribution < -0.4 is 5.32 Å². The number of aryl methyl sites for hydroxylation is 2. The third kappa shape index (κ3) is 3.32. The molecule has 0 unspecified atom stereocenters. The Morgan fingerprint density at radius 1 is 1.35 bits per heavy atom. The molecular weight excluding hydrogens is 357 g/mol. The Bertz CT molecular complexity index is 1010. The highest BCUT2D eigenvalue weighted by Crippen LogP contribution is 2.28. The molecule has 0 saturated carbocycles. The van der Waals surface area contributed by atoms with Crippen LogP contribution in [0.15, 0.2) is 24.3 Å². The predicted molar refractivity (Wildman–Crippen MR) is 98.0 cm³/mol. The number of nitrogens with one attached hydrogen (secondary N) is 1. The lowest BCUT2D eigenvalue weighted by molar-refractivity contribution is -0.123. The van der Waals surface area contributed by atoms with Crippen molar-refractivity contribution in [1.29, 1.82) is 0 Å². The van der Waals surface area contributed by atoms with E-state index in [0.717, 1.165) is 17.0 Å². The summed E-state index contributed by atoms with van der Waals surface area (Å²) in [5.41, 5.74) is 2.08. The van der Waals surface area contributed by atoms with Crippen molar-refractivity contribution < 1.29 is 18.7 Å². The molecule has 0 radical (unpaired) electrons. The zero-order valence-corrected chi connectivity index (χ0v) is 15.6. The standard InChI is InChI=1S/C18H18FN3O3S/c1-9-16(10(2)22(4)21-9)20-17(23)11(3)25-18(24)15-8-12-13(19)6-5-7-14(12)26-15/h5-8,11H,1-4H3,(H,20,23)/t11-/m1/s1. The lowest BCUT2D eigenvalue weighted by Crippen LogP contribution is -2.30. The molecule has 3 rings (SSSR count). The molecule has 1 amide bonds. The number of rotatable bonds is 4. The Labute approximate surface area is 153 Å². The number of fused-ring (bicyclic) bond motifs is 1. The van der Waals surface area contributed by atoms with E-state index < -0.39 is 23.8 Å². The van der Waals surface area contributed by atoms with Gasteiger partial charge in [-0.2, -0.15) is 5.10 Å². The minimum absolute atomic E-state index is 0.249. The number of anilines is 1. The molecule has 3 aromatic rings. The number of ether oxygens (including phenoxy) is 1. The van der Waals surface area contributed by atoms with Crippen LogP contribution in [0.5, 0.6) is 0 Å². The van der Waals surface area contributed by atoms with Crippen molar-refractivity contribution in [3.05, 3.63) is 46.3 Å². The van der Waals surface area contributed by atoms with E-state index in [1.165, 1.54) is 19.1 Å². The minimum atomic E-state index is -1.00. The Kier molecular flexibility index (Phi) is 4.78. The fourth-order valence-corrected chi connectivity index (χ4v) is 3.54. The number of esters is 1. The normalized spacial score (nSPS) is 12.2. The number of nitrogens with zero attached hydrogens (tertiary/aromatic N) is 2. The molecule has 26 heavy (non-hydrogen) atoms. The molecule has 8 heteroatoms. The third-order valence-corrected chi connectivity index (χ3v) is 5.20. The van der Waals surface area contributed by atoms with E-state index in [-0.39, 0.29) is 4.88 Å². The summed E-state index contributed by atoms with van der Waals surface area (Å²) >= 11 is 1.13. The van der Waals surface area contributed by atoms with Crippen LogP contribution in [-0.2, 0) is 16.6 Å². The summed E-state index contributed by atoms with van der Waals surface area (Å²) in [5.74, 6) is -1.51. The molecule has 0 saturated heterocycles. The topological polar surface area (TPSA) is 73.2 Å². The quantitative estimate of drug-likeness (QED) is 0.708. The number of halogens is 1. The van der Waals surface area contributed by atoms with E-state index in [0.29, 0.717) is 21.5 Å². The highest BCUT2D eigenvalue weighted by atomic mass is 32.1. The largest absolute Gasteiger partial charge is 0.448 e. The Balaban J connectivity index is 1.71. The van der Waals surface area contributed by atoms with Crippen molar-refractivity contribution in [1.82, 2.24) is 9.78 Å². The lowest BCUT2D eigenvalue weighted by atomic mass is 10.2. The lowest BCUT2D eigenvalue weighted by Gasteiger charge is -2.13. The number of carbonyl (C=O) groups is 2. The van der Waals surface area contributed by atoms with Gasteiger partial charge in [-0.1, -0.05) is 6.07 Å². The van der Waals surface area contributed by atoms with Crippen LogP contribution in [0.1, 0.15) is 28.0 Å². The number of amides is 1. The summed E-state index contributed by atoms with van der Waals surface area (Å²) in [6.45, 7) is 5.10. The summed E-state index contributed by atoms with van der Waals surface area (Å²) in [6, 6.07) is 6.08. The maximum Gasteiger partial charge on any atom is 0.349 e. The van der Waals surface area contributed by atoms with Crippen molar-refractivity contribution in [2.45, 2.75) is 26.9 Å². The number of hydrogen-bond acceptors (Lipinski definition) is 5. The minimum Gasteiger partial charge on any atom is -0.448 e. The smallest absolute Gasteiger partial charge is 0.349 e. The summed E-state index contributed by atoms with van der Waals surface area (Å²) in [7, 11) is 1.78. The fraction of sp³-hybridized carbons (Fsp3) is 0.278. The van der Waals surface area contributed by atoms with Gasteiger partial charge < -0.3 is 10.1 Å². The number of carbonyl (C=O) groups excluding carboxylic acids is 2. The first-order valence-electron chi connectivity index (χ1n) is 7.98. The molecule has 2 aromatic heterocycles. The Morgan fingerprint density at radius 3 is 2.69 bits per heavy atom. The summed E-state index contributed by atoms with van der Waals surface area (Å²) in [5, 5.41) is 7.32. The second kappa shape index (κ2) is 6.87. The molecule has 6 nitrogen and oxygen atoms in total. The van der Waals surface area contributed by atoms with Crippen LogP contribution in [0, 0.1) is 19.7 Å². The van der Waals surface area contributed by atoms with Gasteiger partial charge in [-0.25, -0.2) is 9.18 Å². The molecule has 0 aliphatic heterocycles. The Morgan fingerprint density at radius 2 is 2.08 bits per heavy atom. The van der Waals surface area contributed by atoms with E-state index in [9.17, 15) is 14.0 Å². The molecule has 136 valence electrons. The molecule has 1 aromatic carbocycles. The SMILES string of the molecule is Cc1nn(C)c(C)c1NC(=O)[C@@H](C)OC(=O)c1cc2c(F)cccc2s1. The van der Waals surface area contributed by atoms with Crippen LogP contribution >= 0.6 is 11.3 Å². The van der Waals surface area contributed by atoms with E-state index in [1.807, 2.05) is 6.92 Å². The van der Waals surface area contributed by atoms with Gasteiger partial charge in [0.2, 0.25) is 0 Å². The molecule has 0 fully saturated rings. The number of thiophene rings is 1. The molecular formula is C18H18FN3O3S. The van der Waals surface area contributed by atoms with Gasteiger partial charge in [-0.15, -0.1) is 11.3 Å². The van der Waals surface area contributed by atoms with Crippen LogP contribution in [0.3, 0.4) is 0 Å². The van der Waals surface area contributed by atoms with Crippen LogP contribution in [0.25, 0.3) is 10.1 Å². The highest BCUT2D eigenvalue weighted by Gasteiger charge is 2.23. The van der Waals surface area contributed by atoms with Gasteiger partial charge in [0.15, 0.2) is 6.10 Å². The second-order valence-corrected chi connectivity index (χ2v) is 7.05. The van der Waals surface area contributed by atoms with Gasteiger partial charge in [-0.05, 0) is 39.0 Å². The fourth-order valence-electron chi connectivity index (χ4n) is 2.58.